The molecule has 1 aliphatic rings. The molecule has 0 aliphatic carbocycles. The van der Waals surface area contributed by atoms with Crippen molar-refractivity contribution in [1.29, 1.82) is 0 Å². The van der Waals surface area contributed by atoms with Crippen LogP contribution in [0.15, 0.2) is 46.6 Å². The Morgan fingerprint density at radius 1 is 1.25 bits per heavy atom. The summed E-state index contributed by atoms with van der Waals surface area (Å²) in [6.45, 7) is 2.45. The van der Waals surface area contributed by atoms with Crippen LogP contribution in [0.4, 0.5) is 5.69 Å². The molecule has 0 fully saturated rings. The van der Waals surface area contributed by atoms with Crippen molar-refractivity contribution in [2.24, 2.45) is 10.2 Å². The highest BCUT2D eigenvalue weighted by molar-refractivity contribution is 6.56. The minimum atomic E-state index is -0.371. The standard InChI is InChI=1S/C17H13Cl2N3O2/c1-2-24-14-6-4-3-5-10(14)9-20-22-16-12-7-11(18)8-13(19)15(12)21-17(16)23/h3-9H,2H2,1H3,(H,21,22,23)/b20-9+. The second kappa shape index (κ2) is 7.03. The molecule has 1 heterocycles. The summed E-state index contributed by atoms with van der Waals surface area (Å²) in [6.07, 6.45) is 1.54. The normalized spacial score (nSPS) is 15.0. The van der Waals surface area contributed by atoms with Crippen molar-refractivity contribution < 1.29 is 9.53 Å². The van der Waals surface area contributed by atoms with Crippen LogP contribution in [0.25, 0.3) is 0 Å². The molecule has 122 valence electrons. The Bertz CT molecular complexity index is 863. The minimum absolute atomic E-state index is 0.166. The summed E-state index contributed by atoms with van der Waals surface area (Å²) >= 11 is 12.1. The van der Waals surface area contributed by atoms with Crippen molar-refractivity contribution in [3.63, 3.8) is 0 Å². The maximum Gasteiger partial charge on any atom is 0.276 e. The van der Waals surface area contributed by atoms with Gasteiger partial charge in [0.15, 0.2) is 5.71 Å². The number of anilines is 1. The molecule has 0 radical (unpaired) electrons. The molecule has 0 aromatic heterocycles. The third-order valence-electron chi connectivity index (χ3n) is 3.34. The number of carbonyl (C=O) groups excluding carboxylic acids is 1. The molecule has 0 atom stereocenters. The first-order valence-corrected chi connectivity index (χ1v) is 7.99. The summed E-state index contributed by atoms with van der Waals surface area (Å²) < 4.78 is 5.51. The number of nitrogens with zero attached hydrogens (tertiary/aromatic N) is 2. The fourth-order valence-corrected chi connectivity index (χ4v) is 2.85. The van der Waals surface area contributed by atoms with E-state index in [0.29, 0.717) is 33.7 Å². The maximum absolute atomic E-state index is 12.1. The number of benzene rings is 2. The van der Waals surface area contributed by atoms with Crippen LogP contribution in [0, 0.1) is 0 Å². The average molecular weight is 362 g/mol. The molecule has 0 spiro atoms. The first-order valence-electron chi connectivity index (χ1n) is 7.23. The van der Waals surface area contributed by atoms with Crippen LogP contribution in [-0.4, -0.2) is 24.4 Å². The van der Waals surface area contributed by atoms with Gasteiger partial charge in [-0.3, -0.25) is 4.79 Å². The second-order valence-corrected chi connectivity index (χ2v) is 5.77. The molecule has 0 saturated heterocycles. The van der Waals surface area contributed by atoms with Gasteiger partial charge < -0.3 is 10.1 Å². The molecule has 0 bridgehead atoms. The predicted molar refractivity (Wildman–Crippen MR) is 96.8 cm³/mol. The molecule has 0 unspecified atom stereocenters. The molecule has 3 rings (SSSR count). The number of hydrogen-bond acceptors (Lipinski definition) is 4. The van der Waals surface area contributed by atoms with Crippen LogP contribution in [-0.2, 0) is 4.79 Å². The van der Waals surface area contributed by atoms with Crippen LogP contribution < -0.4 is 10.1 Å². The minimum Gasteiger partial charge on any atom is -0.493 e. The van der Waals surface area contributed by atoms with Gasteiger partial charge in [-0.15, -0.1) is 5.10 Å². The first-order chi connectivity index (χ1) is 11.6. The van der Waals surface area contributed by atoms with Gasteiger partial charge in [0.2, 0.25) is 0 Å². The van der Waals surface area contributed by atoms with Gasteiger partial charge in [-0.1, -0.05) is 35.3 Å². The van der Waals surface area contributed by atoms with Crippen LogP contribution in [0.3, 0.4) is 0 Å². The van der Waals surface area contributed by atoms with Gasteiger partial charge in [0.05, 0.1) is 23.5 Å². The molecule has 1 aliphatic heterocycles. The number of nitrogens with one attached hydrogen (secondary N) is 1. The Hall–Kier alpha value is -2.37. The van der Waals surface area contributed by atoms with Crippen molar-refractivity contribution in [3.8, 4) is 5.75 Å². The molecular formula is C17H13Cl2N3O2. The number of hydrogen-bond donors (Lipinski definition) is 1. The Balaban J connectivity index is 1.93. The lowest BCUT2D eigenvalue weighted by molar-refractivity contribution is -0.110. The van der Waals surface area contributed by atoms with E-state index in [1.54, 1.807) is 12.1 Å². The Labute approximate surface area is 148 Å². The van der Waals surface area contributed by atoms with Crippen molar-refractivity contribution >= 4 is 46.7 Å². The van der Waals surface area contributed by atoms with E-state index in [-0.39, 0.29) is 11.6 Å². The van der Waals surface area contributed by atoms with Gasteiger partial charge >= 0.3 is 0 Å². The Morgan fingerprint density at radius 3 is 2.83 bits per heavy atom. The average Bonchev–Trinajstić information content (AvgIpc) is 2.86. The number of carbonyl (C=O) groups is 1. The van der Waals surface area contributed by atoms with Crippen LogP contribution in [0.5, 0.6) is 5.75 Å². The molecular weight excluding hydrogens is 349 g/mol. The van der Waals surface area contributed by atoms with E-state index in [4.69, 9.17) is 27.9 Å². The van der Waals surface area contributed by atoms with E-state index in [2.05, 4.69) is 15.5 Å². The van der Waals surface area contributed by atoms with Crippen molar-refractivity contribution in [3.05, 3.63) is 57.6 Å². The van der Waals surface area contributed by atoms with Gasteiger partial charge in [-0.2, -0.15) is 5.10 Å². The monoisotopic (exact) mass is 361 g/mol. The van der Waals surface area contributed by atoms with E-state index in [9.17, 15) is 4.79 Å². The number of para-hydroxylation sites is 1. The van der Waals surface area contributed by atoms with Gasteiger partial charge in [0, 0.05) is 16.1 Å². The number of rotatable bonds is 4. The fraction of sp³-hybridized carbons (Fsp3) is 0.118. The summed E-state index contributed by atoms with van der Waals surface area (Å²) in [4.78, 5) is 12.1. The summed E-state index contributed by atoms with van der Waals surface area (Å²) in [5.74, 6) is 0.329. The van der Waals surface area contributed by atoms with Crippen LogP contribution >= 0.6 is 23.2 Å². The van der Waals surface area contributed by atoms with Gasteiger partial charge in [0.25, 0.3) is 5.91 Å². The summed E-state index contributed by atoms with van der Waals surface area (Å²) in [7, 11) is 0. The van der Waals surface area contributed by atoms with Crippen molar-refractivity contribution in [2.75, 3.05) is 11.9 Å². The van der Waals surface area contributed by atoms with E-state index in [1.165, 1.54) is 6.21 Å². The SMILES string of the molecule is CCOc1ccccc1/C=N/N=C1\C(=O)Nc2c(Cl)cc(Cl)cc21. The number of halogens is 2. The fourth-order valence-electron chi connectivity index (χ4n) is 2.30. The highest BCUT2D eigenvalue weighted by Gasteiger charge is 2.28. The highest BCUT2D eigenvalue weighted by atomic mass is 35.5. The Morgan fingerprint density at radius 2 is 2.04 bits per heavy atom. The lowest BCUT2D eigenvalue weighted by atomic mass is 10.1. The lowest BCUT2D eigenvalue weighted by Crippen LogP contribution is -2.13. The van der Waals surface area contributed by atoms with Crippen molar-refractivity contribution in [2.45, 2.75) is 6.92 Å². The van der Waals surface area contributed by atoms with Gasteiger partial charge in [0.1, 0.15) is 5.75 Å². The second-order valence-electron chi connectivity index (χ2n) is 4.93. The zero-order valence-electron chi connectivity index (χ0n) is 12.7. The number of fused-ring (bicyclic) bond motifs is 1. The third kappa shape index (κ3) is 3.27. The van der Waals surface area contributed by atoms with Crippen LogP contribution in [0.1, 0.15) is 18.1 Å². The first kappa shape index (κ1) is 16.5. The number of ether oxygens (including phenoxy) is 1. The Kier molecular flexibility index (Phi) is 4.83. The predicted octanol–water partition coefficient (Wildman–Crippen LogP) is 4.17. The summed E-state index contributed by atoms with van der Waals surface area (Å²) in [6, 6.07) is 10.6. The molecule has 2 aromatic rings. The quantitative estimate of drug-likeness (QED) is 0.656. The largest absolute Gasteiger partial charge is 0.493 e. The van der Waals surface area contributed by atoms with E-state index < -0.39 is 0 Å². The van der Waals surface area contributed by atoms with Crippen molar-refractivity contribution in [1.82, 2.24) is 0 Å². The zero-order chi connectivity index (χ0) is 17.1. The molecule has 0 saturated carbocycles. The smallest absolute Gasteiger partial charge is 0.276 e. The topological polar surface area (TPSA) is 63.1 Å². The molecule has 5 nitrogen and oxygen atoms in total. The van der Waals surface area contributed by atoms with Gasteiger partial charge in [-0.25, -0.2) is 0 Å². The van der Waals surface area contributed by atoms with Crippen LogP contribution in [0.2, 0.25) is 10.0 Å². The summed E-state index contributed by atoms with van der Waals surface area (Å²) in [5, 5.41) is 11.5. The maximum atomic E-state index is 12.1. The highest BCUT2D eigenvalue weighted by Crippen LogP contribution is 2.34. The molecule has 24 heavy (non-hydrogen) atoms. The number of amides is 1. The van der Waals surface area contributed by atoms with E-state index in [0.717, 1.165) is 5.56 Å². The third-order valence-corrected chi connectivity index (χ3v) is 3.85. The van der Waals surface area contributed by atoms with Gasteiger partial charge in [-0.05, 0) is 31.2 Å². The molecule has 1 amide bonds. The molecule has 2 aromatic carbocycles. The zero-order valence-corrected chi connectivity index (χ0v) is 14.2. The van der Waals surface area contributed by atoms with E-state index in [1.807, 2.05) is 31.2 Å². The summed E-state index contributed by atoms with van der Waals surface area (Å²) in [5.41, 5.74) is 1.97. The molecule has 7 heteroatoms. The molecule has 1 N–H and O–H groups in total. The lowest BCUT2D eigenvalue weighted by Gasteiger charge is -2.05. The van der Waals surface area contributed by atoms with E-state index >= 15 is 0 Å².